The molecule has 1 heterocycles. The van der Waals surface area contributed by atoms with Gasteiger partial charge in [-0.3, -0.25) is 0 Å². The zero-order chi connectivity index (χ0) is 17.1. The molecule has 1 N–H and O–H groups in total. The fraction of sp³-hybridized carbons (Fsp3) is 0.263. The quantitative estimate of drug-likeness (QED) is 0.748. The molecule has 2 aromatic carbocycles. The van der Waals surface area contributed by atoms with Crippen molar-refractivity contribution in [2.24, 2.45) is 0 Å². The Morgan fingerprint density at radius 1 is 0.833 bits per heavy atom. The molecule has 3 rings (SSSR count). The molecule has 24 heavy (non-hydrogen) atoms. The van der Waals surface area contributed by atoms with Gasteiger partial charge in [-0.2, -0.15) is 0 Å². The molecule has 0 saturated carbocycles. The summed E-state index contributed by atoms with van der Waals surface area (Å²) in [6.45, 7) is 0. The fourth-order valence-electron chi connectivity index (χ4n) is 2.89. The lowest BCUT2D eigenvalue weighted by atomic mass is 10.0. The Balaban J connectivity index is 2.02. The van der Waals surface area contributed by atoms with E-state index >= 15 is 0 Å². The molecular formula is C19H21NO4. The van der Waals surface area contributed by atoms with Gasteiger partial charge in [0.05, 0.1) is 28.4 Å². The van der Waals surface area contributed by atoms with Crippen LogP contribution in [0.5, 0.6) is 23.0 Å². The zero-order valence-electron chi connectivity index (χ0n) is 14.3. The van der Waals surface area contributed by atoms with Crippen molar-refractivity contribution in [1.82, 2.24) is 4.98 Å². The largest absolute Gasteiger partial charge is 0.497 e. The van der Waals surface area contributed by atoms with Crippen molar-refractivity contribution in [2.45, 2.75) is 6.42 Å². The third kappa shape index (κ3) is 2.85. The fourth-order valence-corrected chi connectivity index (χ4v) is 2.89. The molecule has 0 atom stereocenters. The van der Waals surface area contributed by atoms with E-state index in [0.717, 1.165) is 28.6 Å². The van der Waals surface area contributed by atoms with Gasteiger partial charge in [-0.15, -0.1) is 0 Å². The topological polar surface area (TPSA) is 52.7 Å². The SMILES string of the molecule is COc1ccc2[nH]cc(Cc3cc(OC)c(OC)c(OC)c3)c2c1. The first-order chi connectivity index (χ1) is 11.7. The van der Waals surface area contributed by atoms with Crippen molar-refractivity contribution in [3.8, 4) is 23.0 Å². The van der Waals surface area contributed by atoms with Crippen LogP contribution < -0.4 is 18.9 Å². The zero-order valence-corrected chi connectivity index (χ0v) is 14.3. The molecule has 0 aliphatic carbocycles. The van der Waals surface area contributed by atoms with Gasteiger partial charge in [-0.25, -0.2) is 0 Å². The third-order valence-corrected chi connectivity index (χ3v) is 4.09. The maximum atomic E-state index is 5.43. The lowest BCUT2D eigenvalue weighted by molar-refractivity contribution is 0.324. The van der Waals surface area contributed by atoms with Crippen LogP contribution in [-0.4, -0.2) is 33.4 Å². The molecule has 0 unspecified atom stereocenters. The lowest BCUT2D eigenvalue weighted by Crippen LogP contribution is -1.97. The van der Waals surface area contributed by atoms with E-state index in [9.17, 15) is 0 Å². The Labute approximate surface area is 141 Å². The molecule has 0 fully saturated rings. The standard InChI is InChI=1S/C19H21NO4/c1-21-14-5-6-16-15(10-14)13(11-20-16)7-12-8-17(22-2)19(24-4)18(9-12)23-3/h5-6,8-11,20H,7H2,1-4H3. The highest BCUT2D eigenvalue weighted by molar-refractivity contribution is 5.85. The summed E-state index contributed by atoms with van der Waals surface area (Å²) in [5, 5.41) is 1.14. The second-order valence-electron chi connectivity index (χ2n) is 5.44. The number of hydrogen-bond acceptors (Lipinski definition) is 4. The van der Waals surface area contributed by atoms with Crippen LogP contribution in [0.15, 0.2) is 36.5 Å². The third-order valence-electron chi connectivity index (χ3n) is 4.09. The van der Waals surface area contributed by atoms with E-state index in [2.05, 4.69) is 4.98 Å². The predicted molar refractivity (Wildman–Crippen MR) is 93.8 cm³/mol. The molecule has 5 nitrogen and oxygen atoms in total. The molecular weight excluding hydrogens is 306 g/mol. The van der Waals surface area contributed by atoms with Crippen molar-refractivity contribution >= 4 is 10.9 Å². The molecule has 0 aliphatic heterocycles. The molecule has 0 saturated heterocycles. The van der Waals surface area contributed by atoms with E-state index < -0.39 is 0 Å². The van der Waals surface area contributed by atoms with Crippen LogP contribution in [0.25, 0.3) is 10.9 Å². The van der Waals surface area contributed by atoms with Gasteiger partial charge in [0.1, 0.15) is 5.75 Å². The van der Waals surface area contributed by atoms with Crippen LogP contribution >= 0.6 is 0 Å². The second-order valence-corrected chi connectivity index (χ2v) is 5.44. The van der Waals surface area contributed by atoms with E-state index in [4.69, 9.17) is 18.9 Å². The van der Waals surface area contributed by atoms with Crippen LogP contribution in [0.1, 0.15) is 11.1 Å². The Kier molecular flexibility index (Phi) is 4.51. The van der Waals surface area contributed by atoms with E-state index in [1.165, 1.54) is 5.56 Å². The summed E-state index contributed by atoms with van der Waals surface area (Å²) < 4.78 is 21.6. The van der Waals surface area contributed by atoms with Crippen LogP contribution in [0.3, 0.4) is 0 Å². The molecule has 126 valence electrons. The van der Waals surface area contributed by atoms with E-state index in [-0.39, 0.29) is 0 Å². The average molecular weight is 327 g/mol. The minimum atomic E-state index is 0.601. The molecule has 5 heteroatoms. The highest BCUT2D eigenvalue weighted by atomic mass is 16.5. The Bertz CT molecular complexity index is 829. The van der Waals surface area contributed by atoms with E-state index in [0.29, 0.717) is 17.2 Å². The number of fused-ring (bicyclic) bond motifs is 1. The summed E-state index contributed by atoms with van der Waals surface area (Å²) >= 11 is 0. The Morgan fingerprint density at radius 2 is 1.54 bits per heavy atom. The van der Waals surface area contributed by atoms with Crippen LogP contribution in [-0.2, 0) is 6.42 Å². The number of rotatable bonds is 6. The number of hydrogen-bond donors (Lipinski definition) is 1. The van der Waals surface area contributed by atoms with Crippen LogP contribution in [0, 0.1) is 0 Å². The van der Waals surface area contributed by atoms with E-state index in [1.54, 1.807) is 28.4 Å². The lowest BCUT2D eigenvalue weighted by Gasteiger charge is -2.14. The van der Waals surface area contributed by atoms with Gasteiger partial charge in [0.15, 0.2) is 11.5 Å². The van der Waals surface area contributed by atoms with Gasteiger partial charge in [0.25, 0.3) is 0 Å². The molecule has 3 aromatic rings. The number of H-pyrrole nitrogens is 1. The summed E-state index contributed by atoms with van der Waals surface area (Å²) in [5.41, 5.74) is 3.34. The number of nitrogens with one attached hydrogen (secondary N) is 1. The number of methoxy groups -OCH3 is 4. The number of aromatic nitrogens is 1. The Hall–Kier alpha value is -2.82. The first-order valence-corrected chi connectivity index (χ1v) is 7.63. The van der Waals surface area contributed by atoms with E-state index in [1.807, 2.05) is 36.5 Å². The molecule has 0 aliphatic rings. The van der Waals surface area contributed by atoms with Crippen molar-refractivity contribution in [1.29, 1.82) is 0 Å². The van der Waals surface area contributed by atoms with Crippen LogP contribution in [0.4, 0.5) is 0 Å². The van der Waals surface area contributed by atoms with Crippen molar-refractivity contribution in [3.05, 3.63) is 47.7 Å². The number of ether oxygens (including phenoxy) is 4. The molecule has 0 bridgehead atoms. The highest BCUT2D eigenvalue weighted by Gasteiger charge is 2.14. The Morgan fingerprint density at radius 3 is 2.12 bits per heavy atom. The second kappa shape index (κ2) is 6.74. The van der Waals surface area contributed by atoms with Gasteiger partial charge in [0, 0.05) is 17.1 Å². The minimum Gasteiger partial charge on any atom is -0.497 e. The van der Waals surface area contributed by atoms with Crippen LogP contribution in [0.2, 0.25) is 0 Å². The van der Waals surface area contributed by atoms with Crippen molar-refractivity contribution in [2.75, 3.05) is 28.4 Å². The summed E-state index contributed by atoms with van der Waals surface area (Å²) in [6, 6.07) is 9.95. The summed E-state index contributed by atoms with van der Waals surface area (Å²) in [4.78, 5) is 3.30. The first-order valence-electron chi connectivity index (χ1n) is 7.63. The van der Waals surface area contributed by atoms with Gasteiger partial charge < -0.3 is 23.9 Å². The van der Waals surface area contributed by atoms with Gasteiger partial charge in [-0.1, -0.05) is 0 Å². The van der Waals surface area contributed by atoms with Crippen molar-refractivity contribution < 1.29 is 18.9 Å². The first kappa shape index (κ1) is 16.1. The monoisotopic (exact) mass is 327 g/mol. The summed E-state index contributed by atoms with van der Waals surface area (Å²) in [6.07, 6.45) is 2.76. The van der Waals surface area contributed by atoms with Crippen molar-refractivity contribution in [3.63, 3.8) is 0 Å². The average Bonchev–Trinajstić information content (AvgIpc) is 3.02. The molecule has 0 radical (unpaired) electrons. The highest BCUT2D eigenvalue weighted by Crippen LogP contribution is 2.39. The smallest absolute Gasteiger partial charge is 0.203 e. The molecule has 0 amide bonds. The number of aromatic amines is 1. The molecule has 0 spiro atoms. The van der Waals surface area contributed by atoms with Gasteiger partial charge >= 0.3 is 0 Å². The summed E-state index contributed by atoms with van der Waals surface area (Å²) in [5.74, 6) is 2.76. The summed E-state index contributed by atoms with van der Waals surface area (Å²) in [7, 11) is 6.52. The maximum Gasteiger partial charge on any atom is 0.203 e. The number of benzene rings is 2. The minimum absolute atomic E-state index is 0.601. The van der Waals surface area contributed by atoms with Gasteiger partial charge in [0.2, 0.25) is 5.75 Å². The normalized spacial score (nSPS) is 10.7. The predicted octanol–water partition coefficient (Wildman–Crippen LogP) is 3.79. The molecule has 1 aromatic heterocycles. The maximum absolute atomic E-state index is 5.43. The van der Waals surface area contributed by atoms with Gasteiger partial charge in [-0.05, 0) is 47.9 Å².